The third kappa shape index (κ3) is 14.5. The third-order valence-electron chi connectivity index (χ3n) is 4.07. The molecule has 0 atom stereocenters. The summed E-state index contributed by atoms with van der Waals surface area (Å²) in [5, 5.41) is 2.98. The number of Topliss-reactive ketones (excluding diaryl/α,β-unsaturated/α-hetero) is 1. The Bertz CT molecular complexity index is 348. The van der Waals surface area contributed by atoms with Crippen LogP contribution in [0.5, 0.6) is 0 Å². The van der Waals surface area contributed by atoms with Gasteiger partial charge in [0.15, 0.2) is 0 Å². The Morgan fingerprint density at radius 3 is 1.87 bits per heavy atom. The minimum Gasteiger partial charge on any atom is -0.356 e. The van der Waals surface area contributed by atoms with E-state index < -0.39 is 0 Å². The van der Waals surface area contributed by atoms with Gasteiger partial charge >= 0.3 is 0 Å². The molecule has 0 bridgehead atoms. The fraction of sp³-hybridized carbons (Fsp3) is 0.900. The molecule has 0 saturated carbocycles. The van der Waals surface area contributed by atoms with Crippen LogP contribution in [0.4, 0.5) is 0 Å². The average molecular weight is 326 g/mol. The van der Waals surface area contributed by atoms with E-state index in [-0.39, 0.29) is 11.3 Å². The van der Waals surface area contributed by atoms with Crippen LogP contribution in [0.25, 0.3) is 0 Å². The molecule has 0 rings (SSSR count). The quantitative estimate of drug-likeness (QED) is 0.526. The van der Waals surface area contributed by atoms with Crippen LogP contribution in [0.2, 0.25) is 0 Å². The lowest BCUT2D eigenvalue weighted by atomic mass is 9.88. The molecule has 0 aromatic rings. The van der Waals surface area contributed by atoms with Crippen molar-refractivity contribution in [3.8, 4) is 0 Å². The Labute approximate surface area is 144 Å². The van der Waals surface area contributed by atoms with E-state index in [0.29, 0.717) is 24.0 Å². The van der Waals surface area contributed by atoms with Crippen molar-refractivity contribution in [3.63, 3.8) is 0 Å². The average Bonchev–Trinajstić information content (AvgIpc) is 2.39. The third-order valence-corrected chi connectivity index (χ3v) is 4.07. The maximum absolute atomic E-state index is 11.8. The fourth-order valence-corrected chi connectivity index (χ4v) is 2.40. The molecule has 1 N–H and O–H groups in total. The molecule has 0 aliphatic heterocycles. The first-order valence-electron chi connectivity index (χ1n) is 9.32. The molecule has 0 aromatic carbocycles. The highest BCUT2D eigenvalue weighted by Crippen LogP contribution is 2.22. The molecule has 0 fully saturated rings. The van der Waals surface area contributed by atoms with Gasteiger partial charge in [0.1, 0.15) is 5.78 Å². The molecule has 0 aromatic heterocycles. The van der Waals surface area contributed by atoms with Crippen LogP contribution in [0.15, 0.2) is 0 Å². The van der Waals surface area contributed by atoms with Crippen molar-refractivity contribution in [2.24, 2.45) is 10.8 Å². The molecule has 136 valence electrons. The summed E-state index contributed by atoms with van der Waals surface area (Å²) >= 11 is 0. The van der Waals surface area contributed by atoms with Gasteiger partial charge in [0.25, 0.3) is 0 Å². The lowest BCUT2D eigenvalue weighted by Gasteiger charge is -2.17. The molecule has 3 heteroatoms. The second kappa shape index (κ2) is 10.8. The van der Waals surface area contributed by atoms with E-state index in [4.69, 9.17) is 0 Å². The highest BCUT2D eigenvalue weighted by molar-refractivity contribution is 5.83. The Morgan fingerprint density at radius 2 is 1.30 bits per heavy atom. The predicted molar refractivity (Wildman–Crippen MR) is 98.5 cm³/mol. The summed E-state index contributed by atoms with van der Waals surface area (Å²) in [5.41, 5.74) is 0.178. The largest absolute Gasteiger partial charge is 0.356 e. The Hall–Kier alpha value is -0.860. The lowest BCUT2D eigenvalue weighted by Crippen LogP contribution is -2.24. The van der Waals surface area contributed by atoms with Gasteiger partial charge in [-0.25, -0.2) is 0 Å². The van der Waals surface area contributed by atoms with Crippen molar-refractivity contribution in [3.05, 3.63) is 0 Å². The van der Waals surface area contributed by atoms with Crippen LogP contribution in [0.3, 0.4) is 0 Å². The Morgan fingerprint density at radius 1 is 0.739 bits per heavy atom. The molecule has 0 saturated heterocycles. The van der Waals surface area contributed by atoms with Crippen LogP contribution in [0.1, 0.15) is 99.3 Å². The molecule has 3 nitrogen and oxygen atoms in total. The second-order valence-electron chi connectivity index (χ2n) is 8.96. The van der Waals surface area contributed by atoms with Crippen LogP contribution in [-0.2, 0) is 9.59 Å². The highest BCUT2D eigenvalue weighted by atomic mass is 16.1. The second-order valence-corrected chi connectivity index (χ2v) is 8.96. The molecule has 0 radical (unpaired) electrons. The molecule has 1 amide bonds. The van der Waals surface area contributed by atoms with Crippen molar-refractivity contribution in [2.45, 2.75) is 99.3 Å². The number of hydrogen-bond donors (Lipinski definition) is 1. The number of ketones is 1. The number of amides is 1. The van der Waals surface area contributed by atoms with Gasteiger partial charge in [-0.1, -0.05) is 60.8 Å². The molecule has 0 aliphatic rings. The van der Waals surface area contributed by atoms with Crippen molar-refractivity contribution < 1.29 is 9.59 Å². The SMILES string of the molecule is CC(C)(C)CCCCCC(=O)NCCCCCC(=O)C(C)(C)C. The van der Waals surface area contributed by atoms with Crippen LogP contribution in [0, 0.1) is 10.8 Å². The Balaban J connectivity index is 3.46. The minimum atomic E-state index is -0.221. The monoisotopic (exact) mass is 325 g/mol. The van der Waals surface area contributed by atoms with Gasteiger partial charge < -0.3 is 5.32 Å². The molecule has 23 heavy (non-hydrogen) atoms. The molecule has 0 unspecified atom stereocenters. The smallest absolute Gasteiger partial charge is 0.219 e. The van der Waals surface area contributed by atoms with E-state index in [9.17, 15) is 9.59 Å². The van der Waals surface area contributed by atoms with E-state index in [0.717, 1.165) is 38.6 Å². The van der Waals surface area contributed by atoms with Gasteiger partial charge in [-0.3, -0.25) is 9.59 Å². The standard InChI is InChI=1S/C20H39NO2/c1-19(2,3)15-11-7-10-14-18(23)21-16-12-8-9-13-17(22)20(4,5)6/h7-16H2,1-6H3,(H,21,23). The van der Waals surface area contributed by atoms with Crippen molar-refractivity contribution in [2.75, 3.05) is 6.54 Å². The Kier molecular flexibility index (Phi) is 10.4. The molecule has 0 heterocycles. The summed E-state index contributed by atoms with van der Waals surface area (Å²) in [7, 11) is 0. The number of unbranched alkanes of at least 4 members (excludes halogenated alkanes) is 4. The number of rotatable bonds is 11. The minimum absolute atomic E-state index is 0.173. The van der Waals surface area contributed by atoms with E-state index in [2.05, 4.69) is 26.1 Å². The van der Waals surface area contributed by atoms with Gasteiger partial charge in [-0.05, 0) is 31.1 Å². The van der Waals surface area contributed by atoms with Crippen molar-refractivity contribution >= 4 is 11.7 Å². The van der Waals surface area contributed by atoms with E-state index in [1.54, 1.807) is 0 Å². The van der Waals surface area contributed by atoms with Crippen LogP contribution in [-0.4, -0.2) is 18.2 Å². The summed E-state index contributed by atoms with van der Waals surface area (Å²) < 4.78 is 0. The first kappa shape index (κ1) is 22.1. The highest BCUT2D eigenvalue weighted by Gasteiger charge is 2.19. The number of nitrogens with one attached hydrogen (secondary N) is 1. The van der Waals surface area contributed by atoms with Crippen molar-refractivity contribution in [1.82, 2.24) is 5.32 Å². The van der Waals surface area contributed by atoms with Crippen molar-refractivity contribution in [1.29, 1.82) is 0 Å². The van der Waals surface area contributed by atoms with E-state index in [1.165, 1.54) is 12.8 Å². The summed E-state index contributed by atoms with van der Waals surface area (Å²) in [4.78, 5) is 23.5. The molecule has 0 aliphatic carbocycles. The topological polar surface area (TPSA) is 46.2 Å². The zero-order chi connectivity index (χ0) is 17.9. The molecule has 0 spiro atoms. The van der Waals surface area contributed by atoms with Gasteiger partial charge in [-0.15, -0.1) is 0 Å². The van der Waals surface area contributed by atoms with E-state index >= 15 is 0 Å². The van der Waals surface area contributed by atoms with E-state index in [1.807, 2.05) is 20.8 Å². The summed E-state index contributed by atoms with van der Waals surface area (Å²) in [6, 6.07) is 0. The number of hydrogen-bond acceptors (Lipinski definition) is 2. The first-order valence-corrected chi connectivity index (χ1v) is 9.32. The predicted octanol–water partition coefficient (Wildman–Crippen LogP) is 5.27. The van der Waals surface area contributed by atoms with Gasteiger partial charge in [0, 0.05) is 24.8 Å². The maximum atomic E-state index is 11.8. The lowest BCUT2D eigenvalue weighted by molar-refractivity contribution is -0.126. The molecular weight excluding hydrogens is 286 g/mol. The molecular formula is C20H39NO2. The van der Waals surface area contributed by atoms with Gasteiger partial charge in [-0.2, -0.15) is 0 Å². The summed E-state index contributed by atoms with van der Waals surface area (Å²) in [5.74, 6) is 0.503. The zero-order valence-corrected chi connectivity index (χ0v) is 16.4. The van der Waals surface area contributed by atoms with Gasteiger partial charge in [0.05, 0.1) is 0 Å². The summed E-state index contributed by atoms with van der Waals surface area (Å²) in [6.45, 7) is 13.4. The van der Waals surface area contributed by atoms with Crippen LogP contribution < -0.4 is 5.32 Å². The normalized spacial score (nSPS) is 12.3. The summed E-state index contributed by atoms with van der Waals surface area (Å²) in [6.07, 6.45) is 8.76. The van der Waals surface area contributed by atoms with Gasteiger partial charge in [0.2, 0.25) is 5.91 Å². The zero-order valence-electron chi connectivity index (χ0n) is 16.4. The maximum Gasteiger partial charge on any atom is 0.219 e. The number of carbonyl (C=O) groups excluding carboxylic acids is 2. The first-order chi connectivity index (χ1) is 10.5. The van der Waals surface area contributed by atoms with Crippen LogP contribution >= 0.6 is 0 Å². The fourth-order valence-electron chi connectivity index (χ4n) is 2.40. The number of carbonyl (C=O) groups is 2.